The van der Waals surface area contributed by atoms with Crippen LogP contribution in [0.25, 0.3) is 0 Å². The van der Waals surface area contributed by atoms with E-state index < -0.39 is 13.0 Å². The minimum absolute atomic E-state index is 0.0576. The summed E-state index contributed by atoms with van der Waals surface area (Å²) in [6.07, 6.45) is -2.49. The molecule has 0 unspecified atom stereocenters. The number of halogens is 3. The molecule has 0 aromatic carbocycles. The van der Waals surface area contributed by atoms with Gasteiger partial charge in [-0.2, -0.15) is 15.0 Å². The number of nitrogens with two attached hydrogens (primary N) is 1. The van der Waals surface area contributed by atoms with Gasteiger partial charge in [-0.25, -0.2) is 8.78 Å². The Morgan fingerprint density at radius 3 is 2.62 bits per heavy atom. The van der Waals surface area contributed by atoms with Gasteiger partial charge in [-0.15, -0.1) is 0 Å². The molecule has 0 saturated carbocycles. The van der Waals surface area contributed by atoms with E-state index in [-0.39, 0.29) is 17.2 Å². The minimum atomic E-state index is -2.49. The third kappa shape index (κ3) is 3.32. The third-order valence-electron chi connectivity index (χ3n) is 1.04. The zero-order valence-electron chi connectivity index (χ0n) is 6.34. The Balaban J connectivity index is 2.66. The van der Waals surface area contributed by atoms with Gasteiger partial charge in [0.15, 0.2) is 0 Å². The molecule has 3 N–H and O–H groups in total. The average molecular weight is 210 g/mol. The van der Waals surface area contributed by atoms with Crippen LogP contribution >= 0.6 is 11.6 Å². The Morgan fingerprint density at radius 1 is 1.38 bits per heavy atom. The maximum absolute atomic E-state index is 11.7. The molecule has 0 aliphatic rings. The first-order valence-electron chi connectivity index (χ1n) is 3.27. The number of aromatic nitrogens is 3. The quantitative estimate of drug-likeness (QED) is 0.770. The third-order valence-corrected chi connectivity index (χ3v) is 1.21. The fraction of sp³-hybridized carbons (Fsp3) is 0.400. The summed E-state index contributed by atoms with van der Waals surface area (Å²) in [6.45, 7) is -0.556. The molecule has 1 aromatic heterocycles. The van der Waals surface area contributed by atoms with Crippen molar-refractivity contribution in [1.29, 1.82) is 0 Å². The van der Waals surface area contributed by atoms with Crippen LogP contribution in [0.3, 0.4) is 0 Å². The van der Waals surface area contributed by atoms with Crippen molar-refractivity contribution in [2.75, 3.05) is 17.6 Å². The molecule has 1 heterocycles. The second-order valence-electron chi connectivity index (χ2n) is 2.06. The summed E-state index contributed by atoms with van der Waals surface area (Å²) < 4.78 is 23.4. The number of anilines is 2. The number of hydrogen-bond donors (Lipinski definition) is 2. The highest BCUT2D eigenvalue weighted by molar-refractivity contribution is 6.28. The van der Waals surface area contributed by atoms with Gasteiger partial charge in [-0.05, 0) is 11.6 Å². The predicted octanol–water partition coefficient (Wildman–Crippen LogP) is 0.784. The molecule has 0 aliphatic carbocycles. The molecule has 0 fully saturated rings. The maximum atomic E-state index is 11.7. The summed E-state index contributed by atoms with van der Waals surface area (Å²) in [4.78, 5) is 10.5. The Bertz CT molecular complexity index is 274. The lowest BCUT2D eigenvalue weighted by Crippen LogP contribution is -2.13. The Morgan fingerprint density at radius 2 is 2.08 bits per heavy atom. The van der Waals surface area contributed by atoms with Crippen molar-refractivity contribution in [2.45, 2.75) is 6.43 Å². The normalized spacial score (nSPS) is 10.5. The molecule has 0 amide bonds. The molecule has 0 spiro atoms. The summed E-state index contributed by atoms with van der Waals surface area (Å²) >= 11 is 5.40. The summed E-state index contributed by atoms with van der Waals surface area (Å²) in [5.74, 6) is -0.172. The first kappa shape index (κ1) is 9.85. The first-order valence-corrected chi connectivity index (χ1v) is 3.65. The predicted molar refractivity (Wildman–Crippen MR) is 43.7 cm³/mol. The van der Waals surface area contributed by atoms with E-state index >= 15 is 0 Å². The fourth-order valence-electron chi connectivity index (χ4n) is 0.613. The lowest BCUT2D eigenvalue weighted by atomic mass is 10.7. The Kier molecular flexibility index (Phi) is 3.13. The Hall–Kier alpha value is -1.24. The molecule has 13 heavy (non-hydrogen) atoms. The highest BCUT2D eigenvalue weighted by Crippen LogP contribution is 2.06. The second-order valence-corrected chi connectivity index (χ2v) is 2.40. The molecule has 0 saturated heterocycles. The van der Waals surface area contributed by atoms with Crippen molar-refractivity contribution in [3.63, 3.8) is 0 Å². The number of nitrogens with one attached hydrogen (secondary N) is 1. The van der Waals surface area contributed by atoms with E-state index in [0.29, 0.717) is 0 Å². The van der Waals surface area contributed by atoms with E-state index in [1.165, 1.54) is 0 Å². The van der Waals surface area contributed by atoms with Crippen molar-refractivity contribution in [3.05, 3.63) is 5.28 Å². The van der Waals surface area contributed by atoms with Gasteiger partial charge in [0, 0.05) is 0 Å². The molecule has 0 radical (unpaired) electrons. The van der Waals surface area contributed by atoms with Gasteiger partial charge in [-0.3, -0.25) is 0 Å². The van der Waals surface area contributed by atoms with E-state index in [1.54, 1.807) is 0 Å². The van der Waals surface area contributed by atoms with Crippen LogP contribution in [0.1, 0.15) is 0 Å². The zero-order chi connectivity index (χ0) is 9.84. The molecule has 72 valence electrons. The number of nitrogen functional groups attached to an aromatic ring is 1. The van der Waals surface area contributed by atoms with E-state index in [1.807, 2.05) is 0 Å². The minimum Gasteiger partial charge on any atom is -0.368 e. The van der Waals surface area contributed by atoms with E-state index in [2.05, 4.69) is 20.3 Å². The largest absolute Gasteiger partial charge is 0.368 e. The van der Waals surface area contributed by atoms with Crippen LogP contribution in [-0.2, 0) is 0 Å². The van der Waals surface area contributed by atoms with Crippen LogP contribution in [0.4, 0.5) is 20.7 Å². The molecule has 0 bridgehead atoms. The number of alkyl halides is 2. The van der Waals surface area contributed by atoms with E-state index in [0.717, 1.165) is 0 Å². The summed E-state index contributed by atoms with van der Waals surface area (Å²) in [5, 5.41) is 2.11. The SMILES string of the molecule is Nc1nc(Cl)nc(NCC(F)F)n1. The molecule has 8 heteroatoms. The number of nitrogens with zero attached hydrogens (tertiary/aromatic N) is 3. The molecule has 5 nitrogen and oxygen atoms in total. The average Bonchev–Trinajstić information content (AvgIpc) is 1.99. The smallest absolute Gasteiger partial charge is 0.255 e. The second kappa shape index (κ2) is 4.13. The number of hydrogen-bond acceptors (Lipinski definition) is 5. The van der Waals surface area contributed by atoms with Crippen molar-refractivity contribution in [3.8, 4) is 0 Å². The molecule has 0 aliphatic heterocycles. The van der Waals surface area contributed by atoms with Crippen molar-refractivity contribution < 1.29 is 8.78 Å². The molecule has 1 rings (SSSR count). The molecular formula is C5H6ClF2N5. The van der Waals surface area contributed by atoms with Crippen molar-refractivity contribution in [1.82, 2.24) is 15.0 Å². The highest BCUT2D eigenvalue weighted by Gasteiger charge is 2.05. The fourth-order valence-corrected chi connectivity index (χ4v) is 0.780. The maximum Gasteiger partial charge on any atom is 0.255 e. The highest BCUT2D eigenvalue weighted by atomic mass is 35.5. The van der Waals surface area contributed by atoms with Gasteiger partial charge in [0.2, 0.25) is 17.2 Å². The first-order chi connectivity index (χ1) is 6.08. The van der Waals surface area contributed by atoms with Gasteiger partial charge in [0.1, 0.15) is 0 Å². The molecular weight excluding hydrogens is 204 g/mol. The van der Waals surface area contributed by atoms with Gasteiger partial charge in [-0.1, -0.05) is 0 Å². The lowest BCUT2D eigenvalue weighted by Gasteiger charge is -2.03. The summed E-state index contributed by atoms with van der Waals surface area (Å²) in [5.41, 5.74) is 5.19. The van der Waals surface area contributed by atoms with Gasteiger partial charge >= 0.3 is 0 Å². The van der Waals surface area contributed by atoms with E-state index in [9.17, 15) is 8.78 Å². The molecule has 0 atom stereocenters. The zero-order valence-corrected chi connectivity index (χ0v) is 7.09. The Labute approximate surface area is 77.3 Å². The topological polar surface area (TPSA) is 76.7 Å². The van der Waals surface area contributed by atoms with Crippen LogP contribution in [0.15, 0.2) is 0 Å². The van der Waals surface area contributed by atoms with E-state index in [4.69, 9.17) is 17.3 Å². The van der Waals surface area contributed by atoms with Crippen LogP contribution in [0.2, 0.25) is 5.28 Å². The van der Waals surface area contributed by atoms with Gasteiger partial charge in [0.05, 0.1) is 6.54 Å². The van der Waals surface area contributed by atoms with Crippen LogP contribution < -0.4 is 11.1 Å². The lowest BCUT2D eigenvalue weighted by molar-refractivity contribution is 0.163. The van der Waals surface area contributed by atoms with Crippen LogP contribution in [0, 0.1) is 0 Å². The standard InChI is InChI=1S/C5H6ClF2N5/c6-3-11-4(9)13-5(12-3)10-1-2(7)8/h2H,1H2,(H3,9,10,11,12,13). The summed E-state index contributed by atoms with van der Waals surface area (Å²) in [6, 6.07) is 0. The number of rotatable bonds is 3. The van der Waals surface area contributed by atoms with Crippen LogP contribution in [0.5, 0.6) is 0 Å². The van der Waals surface area contributed by atoms with Crippen LogP contribution in [-0.4, -0.2) is 27.9 Å². The van der Waals surface area contributed by atoms with Crippen molar-refractivity contribution in [2.24, 2.45) is 0 Å². The van der Waals surface area contributed by atoms with Crippen molar-refractivity contribution >= 4 is 23.5 Å². The monoisotopic (exact) mass is 209 g/mol. The van der Waals surface area contributed by atoms with Gasteiger partial charge in [0.25, 0.3) is 6.43 Å². The molecule has 1 aromatic rings. The van der Waals surface area contributed by atoms with Gasteiger partial charge < -0.3 is 11.1 Å². The summed E-state index contributed by atoms with van der Waals surface area (Å²) in [7, 11) is 0.